The Morgan fingerprint density at radius 3 is 2.32 bits per heavy atom. The van der Waals surface area contributed by atoms with Gasteiger partial charge >= 0.3 is 7.12 Å². The molecule has 0 saturated carbocycles. The molecule has 0 aromatic heterocycles. The van der Waals surface area contributed by atoms with Crippen molar-refractivity contribution < 1.29 is 14.1 Å². The number of carbonyl (C=O) groups is 1. The highest BCUT2D eigenvalue weighted by atomic mass is 16.7. The molecule has 0 bridgehead atoms. The van der Waals surface area contributed by atoms with E-state index < -0.39 is 0 Å². The molecule has 28 heavy (non-hydrogen) atoms. The summed E-state index contributed by atoms with van der Waals surface area (Å²) in [6, 6.07) is 13.8. The molecular formula is C23H28BNO3. The number of hydrogen-bond donors (Lipinski definition) is 0. The van der Waals surface area contributed by atoms with E-state index in [-0.39, 0.29) is 24.2 Å². The van der Waals surface area contributed by atoms with E-state index in [9.17, 15) is 4.79 Å². The second-order valence-electron chi connectivity index (χ2n) is 8.91. The molecule has 4 nitrogen and oxygen atoms in total. The zero-order valence-electron chi connectivity index (χ0n) is 17.4. The molecule has 0 radical (unpaired) electrons. The number of aryl methyl sites for hydroxylation is 1. The topological polar surface area (TPSA) is 38.8 Å². The van der Waals surface area contributed by atoms with Crippen molar-refractivity contribution in [3.8, 4) is 0 Å². The molecule has 1 fully saturated rings. The van der Waals surface area contributed by atoms with E-state index in [4.69, 9.17) is 9.31 Å². The second-order valence-corrected chi connectivity index (χ2v) is 8.91. The number of rotatable bonds is 2. The Morgan fingerprint density at radius 1 is 1.04 bits per heavy atom. The van der Waals surface area contributed by atoms with Gasteiger partial charge < -0.3 is 14.2 Å². The fraction of sp³-hybridized carbons (Fsp3) is 0.435. The first kappa shape index (κ1) is 19.2. The Hall–Kier alpha value is -2.11. The summed E-state index contributed by atoms with van der Waals surface area (Å²) in [5.41, 5.74) is 4.83. The van der Waals surface area contributed by atoms with Crippen molar-refractivity contribution >= 4 is 18.5 Å². The van der Waals surface area contributed by atoms with Gasteiger partial charge in [0.15, 0.2) is 0 Å². The van der Waals surface area contributed by atoms with E-state index in [1.165, 1.54) is 16.7 Å². The lowest BCUT2D eigenvalue weighted by atomic mass is 9.75. The molecule has 0 spiro atoms. The summed E-state index contributed by atoms with van der Waals surface area (Å²) in [6.45, 7) is 11.8. The standard InChI is InChI=1S/C23H28BNO3/c1-16-13-19(24-27-22(2,3)23(4,5)28-24)14-18-15-25(12-11-20(16)18)21(26)17-9-7-6-8-10-17/h6-10,13-14H,11-12,15H2,1-5H3. The average molecular weight is 377 g/mol. The van der Waals surface area contributed by atoms with Crippen LogP contribution in [0.4, 0.5) is 0 Å². The fourth-order valence-electron chi connectivity index (χ4n) is 4.00. The van der Waals surface area contributed by atoms with Gasteiger partial charge in [0, 0.05) is 18.7 Å². The Morgan fingerprint density at radius 2 is 1.68 bits per heavy atom. The maximum absolute atomic E-state index is 12.9. The summed E-state index contributed by atoms with van der Waals surface area (Å²) in [4.78, 5) is 14.8. The maximum Gasteiger partial charge on any atom is 0.494 e. The van der Waals surface area contributed by atoms with E-state index in [0.29, 0.717) is 6.54 Å². The molecule has 1 amide bonds. The molecule has 1 saturated heterocycles. The van der Waals surface area contributed by atoms with Crippen LogP contribution in [0.25, 0.3) is 0 Å². The minimum absolute atomic E-state index is 0.0879. The smallest absolute Gasteiger partial charge is 0.399 e. The third-order valence-corrected chi connectivity index (χ3v) is 6.41. The van der Waals surface area contributed by atoms with Crippen LogP contribution in [0.2, 0.25) is 0 Å². The minimum Gasteiger partial charge on any atom is -0.399 e. The first-order valence-electron chi connectivity index (χ1n) is 10.0. The van der Waals surface area contributed by atoms with Crippen molar-refractivity contribution in [2.24, 2.45) is 0 Å². The Bertz CT molecular complexity index is 892. The van der Waals surface area contributed by atoms with Crippen LogP contribution < -0.4 is 5.46 Å². The van der Waals surface area contributed by atoms with Crippen molar-refractivity contribution in [2.75, 3.05) is 6.54 Å². The van der Waals surface area contributed by atoms with E-state index in [2.05, 4.69) is 46.8 Å². The lowest BCUT2D eigenvalue weighted by Gasteiger charge is -2.32. The number of benzene rings is 2. The Kier molecular flexibility index (Phi) is 4.63. The minimum atomic E-state index is -0.380. The Labute approximate surface area is 168 Å². The first-order valence-corrected chi connectivity index (χ1v) is 10.0. The van der Waals surface area contributed by atoms with Gasteiger partial charge in [0.05, 0.1) is 11.2 Å². The van der Waals surface area contributed by atoms with Crippen LogP contribution in [0.5, 0.6) is 0 Å². The van der Waals surface area contributed by atoms with E-state index in [1.54, 1.807) is 0 Å². The van der Waals surface area contributed by atoms with Crippen molar-refractivity contribution in [3.63, 3.8) is 0 Å². The molecule has 0 atom stereocenters. The fourth-order valence-corrected chi connectivity index (χ4v) is 4.00. The van der Waals surface area contributed by atoms with Gasteiger partial charge in [0.2, 0.25) is 0 Å². The normalized spacial score (nSPS) is 20.2. The summed E-state index contributed by atoms with van der Waals surface area (Å²) in [7, 11) is -0.380. The van der Waals surface area contributed by atoms with Crippen molar-refractivity contribution in [1.82, 2.24) is 4.90 Å². The summed E-state index contributed by atoms with van der Waals surface area (Å²) in [6.07, 6.45) is 0.878. The highest BCUT2D eigenvalue weighted by molar-refractivity contribution is 6.62. The molecule has 0 unspecified atom stereocenters. The molecule has 0 aliphatic carbocycles. The summed E-state index contributed by atoms with van der Waals surface area (Å²) >= 11 is 0. The number of hydrogen-bond acceptors (Lipinski definition) is 3. The van der Waals surface area contributed by atoms with E-state index >= 15 is 0 Å². The van der Waals surface area contributed by atoms with Gasteiger partial charge in [-0.2, -0.15) is 0 Å². The zero-order valence-corrected chi connectivity index (χ0v) is 17.4. The molecule has 5 heteroatoms. The molecule has 2 aliphatic rings. The number of amides is 1. The van der Waals surface area contributed by atoms with Gasteiger partial charge in [-0.05, 0) is 75.3 Å². The van der Waals surface area contributed by atoms with Crippen molar-refractivity contribution in [2.45, 2.75) is 58.8 Å². The predicted octanol–water partition coefficient (Wildman–Crippen LogP) is 3.49. The third-order valence-electron chi connectivity index (χ3n) is 6.41. The van der Waals surface area contributed by atoms with Gasteiger partial charge in [-0.3, -0.25) is 4.79 Å². The SMILES string of the molecule is Cc1cc(B2OC(C)(C)C(C)(C)O2)cc2c1CCN(C(=O)c1ccccc1)C2. The van der Waals surface area contributed by atoms with Gasteiger partial charge in [-0.1, -0.05) is 30.3 Å². The highest BCUT2D eigenvalue weighted by Gasteiger charge is 2.51. The number of fused-ring (bicyclic) bond motifs is 1. The van der Waals surface area contributed by atoms with E-state index in [1.807, 2.05) is 35.2 Å². The molecule has 0 N–H and O–H groups in total. The molecule has 146 valence electrons. The Balaban J connectivity index is 1.61. The number of carbonyl (C=O) groups excluding carboxylic acids is 1. The van der Waals surface area contributed by atoms with Crippen molar-refractivity contribution in [1.29, 1.82) is 0 Å². The largest absolute Gasteiger partial charge is 0.494 e. The molecule has 2 aromatic carbocycles. The average Bonchev–Trinajstić information content (AvgIpc) is 2.89. The van der Waals surface area contributed by atoms with Gasteiger partial charge in [0.25, 0.3) is 5.91 Å². The lowest BCUT2D eigenvalue weighted by Crippen LogP contribution is -2.41. The third kappa shape index (κ3) is 3.27. The van der Waals surface area contributed by atoms with Crippen LogP contribution in [0.15, 0.2) is 42.5 Å². The van der Waals surface area contributed by atoms with Gasteiger partial charge in [-0.25, -0.2) is 0 Å². The maximum atomic E-state index is 12.9. The van der Waals surface area contributed by atoms with Crippen LogP contribution in [0, 0.1) is 6.92 Å². The van der Waals surface area contributed by atoms with Crippen molar-refractivity contribution in [3.05, 3.63) is 64.7 Å². The van der Waals surface area contributed by atoms with Crippen LogP contribution in [0.1, 0.15) is 54.7 Å². The van der Waals surface area contributed by atoms with Crippen LogP contribution >= 0.6 is 0 Å². The summed E-state index contributed by atoms with van der Waals surface area (Å²) in [5.74, 6) is 0.0879. The first-order chi connectivity index (χ1) is 13.2. The molecular weight excluding hydrogens is 349 g/mol. The summed E-state index contributed by atoms with van der Waals surface area (Å²) < 4.78 is 12.5. The van der Waals surface area contributed by atoms with Crippen LogP contribution in [-0.4, -0.2) is 35.7 Å². The van der Waals surface area contributed by atoms with Crippen LogP contribution in [-0.2, 0) is 22.3 Å². The highest BCUT2D eigenvalue weighted by Crippen LogP contribution is 2.37. The zero-order chi connectivity index (χ0) is 20.1. The molecule has 2 heterocycles. The number of nitrogens with zero attached hydrogens (tertiary/aromatic N) is 1. The predicted molar refractivity (Wildman–Crippen MR) is 112 cm³/mol. The summed E-state index contributed by atoms with van der Waals surface area (Å²) in [5, 5.41) is 0. The van der Waals surface area contributed by atoms with Gasteiger partial charge in [-0.15, -0.1) is 0 Å². The molecule has 2 aromatic rings. The van der Waals surface area contributed by atoms with E-state index in [0.717, 1.165) is 24.0 Å². The monoisotopic (exact) mass is 377 g/mol. The lowest BCUT2D eigenvalue weighted by molar-refractivity contribution is 0.00578. The second kappa shape index (κ2) is 6.75. The quantitative estimate of drug-likeness (QED) is 0.752. The van der Waals surface area contributed by atoms with Crippen LogP contribution in [0.3, 0.4) is 0 Å². The molecule has 2 aliphatic heterocycles. The molecule has 4 rings (SSSR count). The van der Waals surface area contributed by atoms with Gasteiger partial charge in [0.1, 0.15) is 0 Å².